The molecule has 0 fully saturated rings. The summed E-state index contributed by atoms with van der Waals surface area (Å²) in [5.41, 5.74) is 7.08. The van der Waals surface area contributed by atoms with E-state index in [9.17, 15) is 5.11 Å². The molecule has 0 aliphatic rings. The maximum absolute atomic E-state index is 11.0. The van der Waals surface area contributed by atoms with E-state index in [1.807, 2.05) is 6.07 Å². The quantitative estimate of drug-likeness (QED) is 0.511. The number of aromatic hydroxyl groups is 1. The number of aryl methyl sites for hydroxylation is 2. The summed E-state index contributed by atoms with van der Waals surface area (Å²) in [6.45, 7) is 17.2. The lowest BCUT2D eigenvalue weighted by Gasteiger charge is -2.23. The van der Waals surface area contributed by atoms with Gasteiger partial charge in [0, 0.05) is 27.6 Å². The van der Waals surface area contributed by atoms with Crippen molar-refractivity contribution in [1.82, 2.24) is 0 Å². The van der Waals surface area contributed by atoms with E-state index < -0.39 is 0 Å². The van der Waals surface area contributed by atoms with Crippen molar-refractivity contribution < 1.29 is 9.52 Å². The lowest BCUT2D eigenvalue weighted by atomic mass is 9.82. The molecule has 0 amide bonds. The van der Waals surface area contributed by atoms with E-state index in [1.54, 1.807) is 6.26 Å². The Morgan fingerprint density at radius 1 is 0.731 bits per heavy atom. The van der Waals surface area contributed by atoms with Crippen LogP contribution in [0.1, 0.15) is 63.8 Å². The highest BCUT2D eigenvalue weighted by atomic mass is 16.3. The Bertz CT molecular complexity index is 976. The van der Waals surface area contributed by atoms with E-state index in [4.69, 9.17) is 4.42 Å². The number of phenolic OH excluding ortho intramolecular Hbond substituents is 1. The standard InChI is InChI=1S/C24H30O2/c1-14-9-16(21(25)19(11-14)23(3,4)5)18-13-26-22-17(18)10-15(2)12-20(22)24(6,7)8/h9-13,25H,1-8H3. The molecule has 1 heterocycles. The number of rotatable bonds is 1. The number of furan rings is 1. The van der Waals surface area contributed by atoms with Crippen molar-refractivity contribution in [3.05, 3.63) is 52.8 Å². The van der Waals surface area contributed by atoms with E-state index in [-0.39, 0.29) is 10.8 Å². The van der Waals surface area contributed by atoms with Gasteiger partial charge in [0.15, 0.2) is 0 Å². The Kier molecular flexibility index (Phi) is 4.22. The van der Waals surface area contributed by atoms with E-state index in [0.717, 1.165) is 33.2 Å². The maximum Gasteiger partial charge on any atom is 0.138 e. The average Bonchev–Trinajstić information content (AvgIpc) is 2.89. The third kappa shape index (κ3) is 3.13. The smallest absolute Gasteiger partial charge is 0.138 e. The van der Waals surface area contributed by atoms with Gasteiger partial charge in [-0.25, -0.2) is 0 Å². The van der Waals surface area contributed by atoms with Crippen LogP contribution in [0.25, 0.3) is 22.1 Å². The Morgan fingerprint density at radius 3 is 1.85 bits per heavy atom. The van der Waals surface area contributed by atoms with Crippen molar-refractivity contribution in [3.63, 3.8) is 0 Å². The van der Waals surface area contributed by atoms with Gasteiger partial charge in [0.05, 0.1) is 6.26 Å². The molecule has 26 heavy (non-hydrogen) atoms. The summed E-state index contributed by atoms with van der Waals surface area (Å²) in [5.74, 6) is 0.351. The topological polar surface area (TPSA) is 33.4 Å². The Morgan fingerprint density at radius 2 is 1.27 bits per heavy atom. The van der Waals surface area contributed by atoms with Crippen LogP contribution in [0.5, 0.6) is 5.75 Å². The molecule has 138 valence electrons. The largest absolute Gasteiger partial charge is 0.507 e. The van der Waals surface area contributed by atoms with Crippen LogP contribution in [0.4, 0.5) is 0 Å². The SMILES string of the molecule is Cc1cc(-c2coc3c(C(C)(C)C)cc(C)cc23)c(O)c(C(C)(C)C)c1. The minimum absolute atomic E-state index is 0.00931. The molecule has 0 bridgehead atoms. The molecule has 1 N–H and O–H groups in total. The highest BCUT2D eigenvalue weighted by Crippen LogP contribution is 2.44. The molecule has 2 aromatic carbocycles. The average molecular weight is 351 g/mol. The normalized spacial score (nSPS) is 12.8. The molecule has 0 spiro atoms. The molecule has 2 nitrogen and oxygen atoms in total. The van der Waals surface area contributed by atoms with Gasteiger partial charge in [-0.2, -0.15) is 0 Å². The lowest BCUT2D eigenvalue weighted by Crippen LogP contribution is -2.12. The molecule has 2 heteroatoms. The zero-order valence-electron chi connectivity index (χ0n) is 17.2. The van der Waals surface area contributed by atoms with Crippen molar-refractivity contribution in [2.24, 2.45) is 0 Å². The third-order valence-electron chi connectivity index (χ3n) is 4.98. The Balaban J connectivity index is 2.35. The lowest BCUT2D eigenvalue weighted by molar-refractivity contribution is 0.448. The molecule has 1 aromatic heterocycles. The summed E-state index contributed by atoms with van der Waals surface area (Å²) in [6.07, 6.45) is 1.79. The highest BCUT2D eigenvalue weighted by molar-refractivity contribution is 5.98. The zero-order chi connectivity index (χ0) is 19.4. The van der Waals surface area contributed by atoms with Crippen LogP contribution in [-0.2, 0) is 10.8 Å². The predicted molar refractivity (Wildman–Crippen MR) is 110 cm³/mol. The molecule has 3 aromatic rings. The molecule has 0 aliphatic carbocycles. The number of benzene rings is 2. The van der Waals surface area contributed by atoms with Crippen LogP contribution in [0.3, 0.4) is 0 Å². The summed E-state index contributed by atoms with van der Waals surface area (Å²) in [7, 11) is 0. The number of hydrogen-bond acceptors (Lipinski definition) is 2. The van der Waals surface area contributed by atoms with E-state index in [1.165, 1.54) is 11.1 Å². The summed E-state index contributed by atoms with van der Waals surface area (Å²) >= 11 is 0. The van der Waals surface area contributed by atoms with Gasteiger partial charge in [0.1, 0.15) is 11.3 Å². The molecule has 0 aliphatic heterocycles. The highest BCUT2D eigenvalue weighted by Gasteiger charge is 2.25. The first-order chi connectivity index (χ1) is 11.9. The van der Waals surface area contributed by atoms with Gasteiger partial charge < -0.3 is 9.52 Å². The number of fused-ring (bicyclic) bond motifs is 1. The number of phenols is 1. The van der Waals surface area contributed by atoms with Crippen LogP contribution in [0.2, 0.25) is 0 Å². The zero-order valence-corrected chi connectivity index (χ0v) is 17.2. The van der Waals surface area contributed by atoms with Gasteiger partial charge in [0.2, 0.25) is 0 Å². The van der Waals surface area contributed by atoms with Gasteiger partial charge in [-0.3, -0.25) is 0 Å². The fourth-order valence-electron chi connectivity index (χ4n) is 3.60. The van der Waals surface area contributed by atoms with Crippen LogP contribution in [0.15, 0.2) is 34.9 Å². The molecule has 0 unspecified atom stereocenters. The van der Waals surface area contributed by atoms with E-state index in [2.05, 4.69) is 73.6 Å². The molecule has 0 radical (unpaired) electrons. The van der Waals surface area contributed by atoms with Gasteiger partial charge in [-0.05, 0) is 47.9 Å². The van der Waals surface area contributed by atoms with Gasteiger partial charge in [0.25, 0.3) is 0 Å². The minimum atomic E-state index is -0.128. The summed E-state index contributed by atoms with van der Waals surface area (Å²) in [6, 6.07) is 8.48. The van der Waals surface area contributed by atoms with Crippen LogP contribution >= 0.6 is 0 Å². The van der Waals surface area contributed by atoms with Gasteiger partial charge in [-0.1, -0.05) is 53.7 Å². The third-order valence-corrected chi connectivity index (χ3v) is 4.98. The maximum atomic E-state index is 11.0. The second-order valence-electron chi connectivity index (χ2n) is 9.55. The summed E-state index contributed by atoms with van der Waals surface area (Å²) in [4.78, 5) is 0. The van der Waals surface area contributed by atoms with Crippen molar-refractivity contribution in [3.8, 4) is 16.9 Å². The summed E-state index contributed by atoms with van der Waals surface area (Å²) in [5, 5.41) is 12.1. The van der Waals surface area contributed by atoms with Crippen LogP contribution < -0.4 is 0 Å². The molecular formula is C24H30O2. The predicted octanol–water partition coefficient (Wildman–Crippen LogP) is 7.02. The molecule has 0 saturated heterocycles. The van der Waals surface area contributed by atoms with Crippen molar-refractivity contribution in [2.75, 3.05) is 0 Å². The molecule has 3 rings (SSSR count). The second kappa shape index (κ2) is 5.90. The van der Waals surface area contributed by atoms with Crippen molar-refractivity contribution in [1.29, 1.82) is 0 Å². The van der Waals surface area contributed by atoms with Crippen molar-refractivity contribution in [2.45, 2.75) is 66.2 Å². The van der Waals surface area contributed by atoms with Gasteiger partial charge in [-0.15, -0.1) is 0 Å². The molecule has 0 atom stereocenters. The van der Waals surface area contributed by atoms with Crippen molar-refractivity contribution >= 4 is 11.0 Å². The minimum Gasteiger partial charge on any atom is -0.507 e. The first kappa shape index (κ1) is 18.6. The Labute approximate surface area is 156 Å². The van der Waals surface area contributed by atoms with Gasteiger partial charge >= 0.3 is 0 Å². The fraction of sp³-hybridized carbons (Fsp3) is 0.417. The molecule has 0 saturated carbocycles. The molecular weight excluding hydrogens is 320 g/mol. The second-order valence-corrected chi connectivity index (χ2v) is 9.55. The van der Waals surface area contributed by atoms with Crippen LogP contribution in [0, 0.1) is 13.8 Å². The summed E-state index contributed by atoms with van der Waals surface area (Å²) < 4.78 is 6.03. The fourth-order valence-corrected chi connectivity index (χ4v) is 3.60. The first-order valence-corrected chi connectivity index (χ1v) is 9.26. The first-order valence-electron chi connectivity index (χ1n) is 9.26. The Hall–Kier alpha value is -2.22. The van der Waals surface area contributed by atoms with E-state index >= 15 is 0 Å². The van der Waals surface area contributed by atoms with Crippen LogP contribution in [-0.4, -0.2) is 5.11 Å². The monoisotopic (exact) mass is 350 g/mol. The van der Waals surface area contributed by atoms with E-state index in [0.29, 0.717) is 5.75 Å². The number of hydrogen-bond donors (Lipinski definition) is 1.